The highest BCUT2D eigenvalue weighted by Crippen LogP contribution is 2.30. The first kappa shape index (κ1) is 11.3. The monoisotopic (exact) mass is 239 g/mol. The molecular formula is C12H14ClNO2. The molecule has 0 bridgehead atoms. The summed E-state index contributed by atoms with van der Waals surface area (Å²) >= 11 is 6.06. The number of halogens is 1. The summed E-state index contributed by atoms with van der Waals surface area (Å²) < 4.78 is 0. The Bertz CT molecular complexity index is 400. The zero-order valence-corrected chi connectivity index (χ0v) is 9.70. The van der Waals surface area contributed by atoms with Gasteiger partial charge in [-0.25, -0.2) is 0 Å². The van der Waals surface area contributed by atoms with Crippen LogP contribution in [-0.4, -0.2) is 24.2 Å². The third kappa shape index (κ3) is 2.30. The summed E-state index contributed by atoms with van der Waals surface area (Å²) in [4.78, 5) is 13.0. The molecule has 2 rings (SSSR count). The zero-order chi connectivity index (χ0) is 11.5. The molecule has 4 heteroatoms. The van der Waals surface area contributed by atoms with Gasteiger partial charge in [0.2, 0.25) is 0 Å². The van der Waals surface area contributed by atoms with E-state index in [0.717, 1.165) is 24.3 Å². The number of anilines is 1. The Morgan fingerprint density at radius 1 is 1.38 bits per heavy atom. The smallest absolute Gasteiger partial charge is 0.307 e. The van der Waals surface area contributed by atoms with E-state index >= 15 is 0 Å². The van der Waals surface area contributed by atoms with Crippen LogP contribution in [-0.2, 0) is 11.2 Å². The highest BCUT2D eigenvalue weighted by atomic mass is 35.5. The van der Waals surface area contributed by atoms with Crippen molar-refractivity contribution in [1.82, 2.24) is 0 Å². The summed E-state index contributed by atoms with van der Waals surface area (Å²) in [6, 6.07) is 5.58. The van der Waals surface area contributed by atoms with E-state index in [-0.39, 0.29) is 6.42 Å². The first-order valence-electron chi connectivity index (χ1n) is 5.42. The van der Waals surface area contributed by atoms with Crippen LogP contribution < -0.4 is 4.90 Å². The summed E-state index contributed by atoms with van der Waals surface area (Å²) in [6.45, 7) is 1.99. The Labute approximate surface area is 99.6 Å². The van der Waals surface area contributed by atoms with Gasteiger partial charge in [0.25, 0.3) is 0 Å². The van der Waals surface area contributed by atoms with E-state index in [1.807, 2.05) is 12.1 Å². The van der Waals surface area contributed by atoms with Crippen molar-refractivity contribution < 1.29 is 9.90 Å². The minimum atomic E-state index is -0.839. The van der Waals surface area contributed by atoms with Crippen molar-refractivity contribution in [3.05, 3.63) is 28.8 Å². The van der Waals surface area contributed by atoms with E-state index in [4.69, 9.17) is 16.7 Å². The fourth-order valence-electron chi connectivity index (χ4n) is 2.13. The second kappa shape index (κ2) is 4.74. The molecule has 0 unspecified atom stereocenters. The summed E-state index contributed by atoms with van der Waals surface area (Å²) in [7, 11) is 0. The lowest BCUT2D eigenvalue weighted by Gasteiger charge is -2.21. The van der Waals surface area contributed by atoms with Gasteiger partial charge in [0.15, 0.2) is 0 Å². The van der Waals surface area contributed by atoms with Crippen LogP contribution in [0, 0.1) is 0 Å². The fourth-order valence-corrected chi connectivity index (χ4v) is 2.36. The first-order chi connectivity index (χ1) is 7.68. The number of hydrogen-bond donors (Lipinski definition) is 1. The van der Waals surface area contributed by atoms with Gasteiger partial charge in [0.1, 0.15) is 0 Å². The van der Waals surface area contributed by atoms with Crippen molar-refractivity contribution in [3.63, 3.8) is 0 Å². The lowest BCUT2D eigenvalue weighted by atomic mass is 10.1. The van der Waals surface area contributed by atoms with Gasteiger partial charge in [0.05, 0.1) is 6.42 Å². The maximum Gasteiger partial charge on any atom is 0.307 e. The quantitative estimate of drug-likeness (QED) is 0.881. The molecule has 1 heterocycles. The Hall–Kier alpha value is -1.22. The molecule has 1 fully saturated rings. The number of hydrogen-bond acceptors (Lipinski definition) is 2. The lowest BCUT2D eigenvalue weighted by Crippen LogP contribution is -2.20. The molecule has 0 aromatic heterocycles. The number of benzene rings is 1. The standard InChI is InChI=1S/C12H14ClNO2/c13-10-4-3-5-11(9(10)8-12(15)16)14-6-1-2-7-14/h3-5H,1-2,6-8H2,(H,15,16). The molecule has 0 saturated carbocycles. The number of carboxylic acids is 1. The third-order valence-electron chi connectivity index (χ3n) is 2.87. The van der Waals surface area contributed by atoms with Gasteiger partial charge < -0.3 is 10.0 Å². The Morgan fingerprint density at radius 2 is 2.06 bits per heavy atom. The highest BCUT2D eigenvalue weighted by molar-refractivity contribution is 6.32. The average Bonchev–Trinajstić information content (AvgIpc) is 2.73. The van der Waals surface area contributed by atoms with Crippen LogP contribution in [0.1, 0.15) is 18.4 Å². The number of rotatable bonds is 3. The second-order valence-electron chi connectivity index (χ2n) is 4.00. The van der Waals surface area contributed by atoms with E-state index in [9.17, 15) is 4.79 Å². The van der Waals surface area contributed by atoms with Crippen molar-refractivity contribution in [2.75, 3.05) is 18.0 Å². The fraction of sp³-hybridized carbons (Fsp3) is 0.417. The summed E-state index contributed by atoms with van der Waals surface area (Å²) in [5.74, 6) is -0.839. The zero-order valence-electron chi connectivity index (χ0n) is 8.95. The summed E-state index contributed by atoms with van der Waals surface area (Å²) in [6.07, 6.45) is 2.32. The third-order valence-corrected chi connectivity index (χ3v) is 3.22. The Kier molecular flexibility index (Phi) is 3.34. The summed E-state index contributed by atoms with van der Waals surface area (Å²) in [5.41, 5.74) is 1.71. The minimum absolute atomic E-state index is 0.00843. The van der Waals surface area contributed by atoms with Crippen LogP contribution in [0.2, 0.25) is 5.02 Å². The molecule has 3 nitrogen and oxygen atoms in total. The van der Waals surface area contributed by atoms with Crippen molar-refractivity contribution in [1.29, 1.82) is 0 Å². The van der Waals surface area contributed by atoms with Crippen LogP contribution in [0.4, 0.5) is 5.69 Å². The maximum atomic E-state index is 10.8. The predicted molar refractivity (Wildman–Crippen MR) is 64.2 cm³/mol. The molecule has 1 aliphatic rings. The van der Waals surface area contributed by atoms with Crippen molar-refractivity contribution in [2.45, 2.75) is 19.3 Å². The topological polar surface area (TPSA) is 40.5 Å². The SMILES string of the molecule is O=C(O)Cc1c(Cl)cccc1N1CCCC1. The van der Waals surface area contributed by atoms with E-state index < -0.39 is 5.97 Å². The highest BCUT2D eigenvalue weighted by Gasteiger charge is 2.18. The van der Waals surface area contributed by atoms with Crippen molar-refractivity contribution >= 4 is 23.3 Å². The number of aliphatic carboxylic acids is 1. The minimum Gasteiger partial charge on any atom is -0.481 e. The van der Waals surface area contributed by atoms with E-state index in [1.165, 1.54) is 12.8 Å². The average molecular weight is 240 g/mol. The lowest BCUT2D eigenvalue weighted by molar-refractivity contribution is -0.136. The van der Waals surface area contributed by atoms with Crippen LogP contribution in [0.25, 0.3) is 0 Å². The molecule has 0 aliphatic carbocycles. The van der Waals surface area contributed by atoms with Crippen LogP contribution in [0.3, 0.4) is 0 Å². The second-order valence-corrected chi connectivity index (χ2v) is 4.41. The predicted octanol–water partition coefficient (Wildman–Crippen LogP) is 2.57. The molecule has 0 atom stereocenters. The first-order valence-corrected chi connectivity index (χ1v) is 5.80. The molecule has 0 radical (unpaired) electrons. The Balaban J connectivity index is 2.34. The molecule has 0 amide bonds. The maximum absolute atomic E-state index is 10.8. The van der Waals surface area contributed by atoms with Gasteiger partial charge in [-0.3, -0.25) is 4.79 Å². The van der Waals surface area contributed by atoms with E-state index in [2.05, 4.69) is 4.90 Å². The van der Waals surface area contributed by atoms with E-state index in [0.29, 0.717) is 5.02 Å². The van der Waals surface area contributed by atoms with Gasteiger partial charge in [-0.1, -0.05) is 17.7 Å². The molecule has 1 aromatic rings. The van der Waals surface area contributed by atoms with E-state index in [1.54, 1.807) is 6.07 Å². The molecule has 86 valence electrons. The molecule has 0 spiro atoms. The molecular weight excluding hydrogens is 226 g/mol. The number of carbonyl (C=O) groups is 1. The summed E-state index contributed by atoms with van der Waals surface area (Å²) in [5, 5.41) is 9.43. The van der Waals surface area contributed by atoms with Gasteiger partial charge in [-0.05, 0) is 25.0 Å². The largest absolute Gasteiger partial charge is 0.481 e. The van der Waals surface area contributed by atoms with Crippen LogP contribution in [0.5, 0.6) is 0 Å². The van der Waals surface area contributed by atoms with Gasteiger partial charge in [-0.2, -0.15) is 0 Å². The molecule has 1 N–H and O–H groups in total. The molecule has 1 aromatic carbocycles. The van der Waals surface area contributed by atoms with Crippen LogP contribution in [0.15, 0.2) is 18.2 Å². The van der Waals surface area contributed by atoms with Crippen molar-refractivity contribution in [2.24, 2.45) is 0 Å². The molecule has 1 aliphatic heterocycles. The van der Waals surface area contributed by atoms with Gasteiger partial charge >= 0.3 is 5.97 Å². The van der Waals surface area contributed by atoms with Gasteiger partial charge in [0, 0.05) is 29.4 Å². The number of nitrogens with zero attached hydrogens (tertiary/aromatic N) is 1. The Morgan fingerprint density at radius 3 is 2.69 bits per heavy atom. The van der Waals surface area contributed by atoms with Crippen LogP contribution >= 0.6 is 11.6 Å². The van der Waals surface area contributed by atoms with Gasteiger partial charge in [-0.15, -0.1) is 0 Å². The van der Waals surface area contributed by atoms with Crippen molar-refractivity contribution in [3.8, 4) is 0 Å². The molecule has 16 heavy (non-hydrogen) atoms. The number of carboxylic acid groups (broad SMARTS) is 1. The normalized spacial score (nSPS) is 15.4. The molecule has 1 saturated heterocycles.